The van der Waals surface area contributed by atoms with E-state index in [1.807, 2.05) is 13.2 Å². The highest BCUT2D eigenvalue weighted by Gasteiger charge is 2.17. The number of alkyl halides is 1. The molecule has 92 valence electrons. The first kappa shape index (κ1) is 15.2. The van der Waals surface area contributed by atoms with E-state index in [0.29, 0.717) is 5.71 Å². The third-order valence-electron chi connectivity index (χ3n) is 1.97. The Balaban J connectivity index is 4.31. The summed E-state index contributed by atoms with van der Waals surface area (Å²) >= 11 is 6.87. The Morgan fingerprint density at radius 1 is 1.56 bits per heavy atom. The third-order valence-corrected chi connectivity index (χ3v) is 3.25. The molecule has 0 aliphatic heterocycles. The Hall–Kier alpha value is -0.750. The maximum atomic E-state index is 11.3. The summed E-state index contributed by atoms with van der Waals surface area (Å²) in [5.74, 6) is -0.798. The van der Waals surface area contributed by atoms with Crippen molar-refractivity contribution in [3.63, 3.8) is 0 Å². The van der Waals surface area contributed by atoms with Crippen LogP contribution < -0.4 is 0 Å². The lowest BCUT2D eigenvalue weighted by Gasteiger charge is -2.11. The first-order valence-electron chi connectivity index (χ1n) is 4.54. The number of carbonyl (C=O) groups excluding carboxylic acids is 2. The van der Waals surface area contributed by atoms with Gasteiger partial charge in [0, 0.05) is 12.3 Å². The van der Waals surface area contributed by atoms with E-state index in [4.69, 9.17) is 11.6 Å². The molecular weight excluding hydrogens is 252 g/mol. The Kier molecular flexibility index (Phi) is 7.16. The number of hydrogen-bond acceptors (Lipinski definition) is 5. The van der Waals surface area contributed by atoms with Gasteiger partial charge in [0.1, 0.15) is 5.88 Å². The molecule has 0 aromatic rings. The van der Waals surface area contributed by atoms with Crippen LogP contribution in [0.3, 0.4) is 0 Å². The Labute approximate surface area is 104 Å². The lowest BCUT2D eigenvalue weighted by Crippen LogP contribution is -2.33. The van der Waals surface area contributed by atoms with Crippen molar-refractivity contribution in [1.82, 2.24) is 4.90 Å². The van der Waals surface area contributed by atoms with Gasteiger partial charge in [-0.1, -0.05) is 5.16 Å². The number of oxime groups is 1. The van der Waals surface area contributed by atoms with Gasteiger partial charge in [0.25, 0.3) is 0 Å². The van der Waals surface area contributed by atoms with Crippen LogP contribution in [0.15, 0.2) is 5.16 Å². The summed E-state index contributed by atoms with van der Waals surface area (Å²) in [7, 11) is 1.29. The van der Waals surface area contributed by atoms with Gasteiger partial charge in [-0.3, -0.25) is 9.63 Å². The van der Waals surface area contributed by atoms with Gasteiger partial charge < -0.3 is 0 Å². The number of amides is 2. The van der Waals surface area contributed by atoms with Crippen molar-refractivity contribution in [2.75, 3.05) is 19.2 Å². The predicted molar refractivity (Wildman–Crippen MR) is 66.1 cm³/mol. The third kappa shape index (κ3) is 4.85. The zero-order valence-electron chi connectivity index (χ0n) is 9.69. The van der Waals surface area contributed by atoms with Crippen LogP contribution in [-0.2, 0) is 9.63 Å². The fourth-order valence-corrected chi connectivity index (χ4v) is 1.17. The van der Waals surface area contributed by atoms with Crippen molar-refractivity contribution in [2.45, 2.75) is 19.1 Å². The van der Waals surface area contributed by atoms with Crippen molar-refractivity contribution < 1.29 is 14.4 Å². The lowest BCUT2D eigenvalue weighted by atomic mass is 10.3. The van der Waals surface area contributed by atoms with Crippen molar-refractivity contribution in [3.05, 3.63) is 0 Å². The van der Waals surface area contributed by atoms with Crippen LogP contribution in [-0.4, -0.2) is 47.0 Å². The van der Waals surface area contributed by atoms with E-state index in [9.17, 15) is 9.59 Å². The molecule has 0 aromatic heterocycles. The minimum absolute atomic E-state index is 0.154. The van der Waals surface area contributed by atoms with Gasteiger partial charge in [0.05, 0.1) is 5.71 Å². The second-order valence-corrected chi connectivity index (χ2v) is 4.50. The smallest absolute Gasteiger partial charge is 0.298 e. The molecule has 0 aromatic carbocycles. The summed E-state index contributed by atoms with van der Waals surface area (Å²) in [6.45, 7) is 3.68. The van der Waals surface area contributed by atoms with Gasteiger partial charge in [-0.2, -0.15) is 11.8 Å². The second kappa shape index (κ2) is 7.51. The van der Waals surface area contributed by atoms with E-state index >= 15 is 0 Å². The molecule has 0 radical (unpaired) electrons. The molecule has 0 rings (SSSR count). The summed E-state index contributed by atoms with van der Waals surface area (Å²) in [6.07, 6.45) is 1.09. The zero-order chi connectivity index (χ0) is 12.7. The van der Waals surface area contributed by atoms with Gasteiger partial charge in [0.15, 0.2) is 0 Å². The van der Waals surface area contributed by atoms with Gasteiger partial charge in [-0.25, -0.2) is 9.69 Å². The molecule has 2 amide bonds. The van der Waals surface area contributed by atoms with Gasteiger partial charge in [-0.15, -0.1) is 11.6 Å². The quantitative estimate of drug-likeness (QED) is 0.338. The zero-order valence-corrected chi connectivity index (χ0v) is 11.3. The van der Waals surface area contributed by atoms with Gasteiger partial charge >= 0.3 is 6.09 Å². The van der Waals surface area contributed by atoms with E-state index in [1.165, 1.54) is 7.05 Å². The molecule has 0 saturated carbocycles. The molecule has 0 bridgehead atoms. The number of imide groups is 1. The molecule has 0 heterocycles. The SMILES string of the molecule is CSC(C)C(C)=NOC(=O)N(C)C(=O)CCl. The number of carbonyl (C=O) groups is 2. The standard InChI is InChI=1S/C9H15ClN2O3S/c1-6(7(2)16-4)11-15-9(14)12(3)8(13)5-10/h7H,5H2,1-4H3. The van der Waals surface area contributed by atoms with Crippen LogP contribution in [0.1, 0.15) is 13.8 Å². The highest BCUT2D eigenvalue weighted by Crippen LogP contribution is 2.07. The Morgan fingerprint density at radius 2 is 2.12 bits per heavy atom. The minimum Gasteiger partial charge on any atom is -0.298 e. The normalized spacial score (nSPS) is 13.2. The Bertz CT molecular complexity index is 296. The molecule has 0 aliphatic rings. The molecular formula is C9H15ClN2O3S. The van der Waals surface area contributed by atoms with E-state index in [1.54, 1.807) is 18.7 Å². The summed E-state index contributed by atoms with van der Waals surface area (Å²) in [5.41, 5.74) is 0.674. The minimum atomic E-state index is -0.835. The largest absolute Gasteiger partial charge is 0.442 e. The first-order valence-corrected chi connectivity index (χ1v) is 6.37. The highest BCUT2D eigenvalue weighted by atomic mass is 35.5. The maximum Gasteiger partial charge on any atom is 0.442 e. The van der Waals surface area contributed by atoms with Gasteiger partial charge in [0.2, 0.25) is 5.91 Å². The van der Waals surface area contributed by atoms with Crippen LogP contribution in [0.4, 0.5) is 4.79 Å². The number of nitrogens with zero attached hydrogens (tertiary/aromatic N) is 2. The molecule has 0 aliphatic carbocycles. The molecule has 0 saturated heterocycles. The average molecular weight is 267 g/mol. The van der Waals surface area contributed by atoms with Crippen molar-refractivity contribution in [2.24, 2.45) is 5.16 Å². The van der Waals surface area contributed by atoms with Crippen LogP contribution in [0.2, 0.25) is 0 Å². The molecule has 1 unspecified atom stereocenters. The van der Waals surface area contributed by atoms with Crippen molar-refractivity contribution in [1.29, 1.82) is 0 Å². The molecule has 7 heteroatoms. The summed E-state index contributed by atoms with van der Waals surface area (Å²) < 4.78 is 0. The van der Waals surface area contributed by atoms with E-state index in [-0.39, 0.29) is 11.1 Å². The molecule has 0 spiro atoms. The fraction of sp³-hybridized carbons (Fsp3) is 0.667. The van der Waals surface area contributed by atoms with E-state index < -0.39 is 12.0 Å². The number of halogens is 1. The first-order chi connectivity index (χ1) is 7.43. The number of rotatable bonds is 4. The fourth-order valence-electron chi connectivity index (χ4n) is 0.609. The van der Waals surface area contributed by atoms with Crippen molar-refractivity contribution >= 4 is 41.1 Å². The van der Waals surface area contributed by atoms with E-state index in [0.717, 1.165) is 4.90 Å². The topological polar surface area (TPSA) is 59.0 Å². The van der Waals surface area contributed by atoms with Crippen LogP contribution >= 0.6 is 23.4 Å². The molecule has 0 fully saturated rings. The molecule has 16 heavy (non-hydrogen) atoms. The second-order valence-electron chi connectivity index (χ2n) is 3.05. The number of thioether (sulfide) groups is 1. The van der Waals surface area contributed by atoms with Crippen LogP contribution in [0, 0.1) is 0 Å². The average Bonchev–Trinajstić information content (AvgIpc) is 2.32. The summed E-state index contributed by atoms with van der Waals surface area (Å²) in [6, 6.07) is 0. The van der Waals surface area contributed by atoms with Crippen molar-refractivity contribution in [3.8, 4) is 0 Å². The van der Waals surface area contributed by atoms with E-state index in [2.05, 4.69) is 9.99 Å². The van der Waals surface area contributed by atoms with Crippen LogP contribution in [0.5, 0.6) is 0 Å². The molecule has 5 nitrogen and oxygen atoms in total. The molecule has 1 atom stereocenters. The van der Waals surface area contributed by atoms with Gasteiger partial charge in [-0.05, 0) is 20.1 Å². The summed E-state index contributed by atoms with van der Waals surface area (Å²) in [4.78, 5) is 27.7. The maximum absolute atomic E-state index is 11.3. The highest BCUT2D eigenvalue weighted by molar-refractivity contribution is 7.99. The van der Waals surface area contributed by atoms with Crippen LogP contribution in [0.25, 0.3) is 0 Å². The lowest BCUT2D eigenvalue weighted by molar-refractivity contribution is -0.125. The Morgan fingerprint density at radius 3 is 2.56 bits per heavy atom. The molecule has 0 N–H and O–H groups in total. The monoisotopic (exact) mass is 266 g/mol. The summed E-state index contributed by atoms with van der Waals surface area (Å²) in [5, 5.41) is 3.80. The predicted octanol–water partition coefficient (Wildman–Crippen LogP) is 1.95. The number of hydrogen-bond donors (Lipinski definition) is 0.